The molecule has 2 saturated heterocycles. The summed E-state index contributed by atoms with van der Waals surface area (Å²) in [6.07, 6.45) is 6.44. The summed E-state index contributed by atoms with van der Waals surface area (Å²) in [6, 6.07) is 3.77. The first-order valence-electron chi connectivity index (χ1n) is 7.65. The van der Waals surface area contributed by atoms with Crippen LogP contribution < -0.4 is 4.85 Å². The molecule has 7 nitrogen and oxygen atoms in total. The van der Waals surface area contributed by atoms with Crippen LogP contribution in [0.2, 0.25) is 0 Å². The summed E-state index contributed by atoms with van der Waals surface area (Å²) in [5.41, 5.74) is 1.16. The standard InChI is InChI=1S/C14H19N6O/c21-20-13-12(6-5-7-15-13)19(16-20)14(17-8-1-2-9-17)18-10-3-4-11-18/h5-7H,1-4,8-11H2/q+1. The van der Waals surface area contributed by atoms with Crippen molar-refractivity contribution in [3.63, 3.8) is 0 Å². The lowest BCUT2D eigenvalue weighted by atomic mass is 10.4. The number of fused-ring (bicyclic) bond motifs is 1. The van der Waals surface area contributed by atoms with Crippen LogP contribution in [0.25, 0.3) is 11.2 Å². The lowest BCUT2D eigenvalue weighted by Gasteiger charge is -2.15. The number of hydrogen-bond acceptors (Lipinski definition) is 3. The second kappa shape index (κ2) is 4.98. The Labute approximate surface area is 122 Å². The average Bonchev–Trinajstić information content (AvgIpc) is 3.24. The summed E-state index contributed by atoms with van der Waals surface area (Å²) in [4.78, 5) is 7.13. The van der Waals surface area contributed by atoms with E-state index in [2.05, 4.69) is 19.7 Å². The molecule has 0 N–H and O–H groups in total. The molecule has 4 rings (SSSR count). The smallest absolute Gasteiger partial charge is 0.382 e. The first-order chi connectivity index (χ1) is 10.3. The third-order valence-corrected chi connectivity index (χ3v) is 4.31. The third-order valence-electron chi connectivity index (χ3n) is 4.31. The molecule has 0 radical (unpaired) electrons. The second-order valence-corrected chi connectivity index (χ2v) is 5.71. The van der Waals surface area contributed by atoms with Crippen molar-refractivity contribution in [3.8, 4) is 0 Å². The third kappa shape index (κ3) is 2.03. The molecule has 110 valence electrons. The van der Waals surface area contributed by atoms with E-state index in [9.17, 15) is 5.21 Å². The zero-order valence-corrected chi connectivity index (χ0v) is 12.0. The lowest BCUT2D eigenvalue weighted by Crippen LogP contribution is -2.43. The predicted octanol–water partition coefficient (Wildman–Crippen LogP) is 0.171. The number of pyridine rings is 1. The molecule has 7 heteroatoms. The molecule has 2 aromatic heterocycles. The predicted molar refractivity (Wildman–Crippen MR) is 76.9 cm³/mol. The van der Waals surface area contributed by atoms with Crippen LogP contribution in [-0.2, 0) is 0 Å². The molecule has 0 amide bonds. The normalized spacial score (nSPS) is 18.9. The summed E-state index contributed by atoms with van der Waals surface area (Å²) in [5, 5.41) is 16.2. The van der Waals surface area contributed by atoms with Crippen LogP contribution in [0.5, 0.6) is 0 Å². The van der Waals surface area contributed by atoms with E-state index >= 15 is 0 Å². The average molecular weight is 287 g/mol. The molecule has 0 spiro atoms. The number of hydrogen-bond donors (Lipinski definition) is 0. The Bertz CT molecular complexity index is 693. The number of rotatable bonds is 0. The molecule has 21 heavy (non-hydrogen) atoms. The molecule has 0 unspecified atom stereocenters. The van der Waals surface area contributed by atoms with Gasteiger partial charge in [-0.15, -0.1) is 9.83 Å². The van der Waals surface area contributed by atoms with Crippen molar-refractivity contribution < 1.29 is 9.42 Å². The quantitative estimate of drug-likeness (QED) is 0.394. The topological polar surface area (TPSA) is 63.9 Å². The van der Waals surface area contributed by atoms with Gasteiger partial charge in [-0.25, -0.2) is 0 Å². The minimum atomic E-state index is 0.383. The first-order valence-corrected chi connectivity index (χ1v) is 7.65. The molecule has 0 atom stereocenters. The van der Waals surface area contributed by atoms with E-state index in [1.54, 1.807) is 10.9 Å². The molecule has 0 bridgehead atoms. The van der Waals surface area contributed by atoms with Gasteiger partial charge in [-0.3, -0.25) is 9.48 Å². The highest BCUT2D eigenvalue weighted by Gasteiger charge is 2.33. The van der Waals surface area contributed by atoms with E-state index < -0.39 is 0 Å². The van der Waals surface area contributed by atoms with Crippen LogP contribution in [0.15, 0.2) is 18.3 Å². The molecule has 2 fully saturated rings. The zero-order chi connectivity index (χ0) is 14.2. The summed E-state index contributed by atoms with van der Waals surface area (Å²) < 4.78 is 4.14. The van der Waals surface area contributed by atoms with Gasteiger partial charge in [-0.1, -0.05) is 4.68 Å². The zero-order valence-electron chi connectivity index (χ0n) is 12.0. The van der Waals surface area contributed by atoms with E-state index in [4.69, 9.17) is 0 Å². The van der Waals surface area contributed by atoms with Gasteiger partial charge in [0.15, 0.2) is 0 Å². The van der Waals surface area contributed by atoms with E-state index in [1.807, 2.05) is 12.1 Å². The molecular formula is C14H19N6O+. The molecule has 0 aromatic carbocycles. The summed E-state index contributed by atoms with van der Waals surface area (Å²) in [7, 11) is 0. The van der Waals surface area contributed by atoms with Crippen LogP contribution in [0, 0.1) is 5.21 Å². The van der Waals surface area contributed by atoms with E-state index in [1.165, 1.54) is 25.7 Å². The van der Waals surface area contributed by atoms with Gasteiger partial charge >= 0.3 is 11.6 Å². The van der Waals surface area contributed by atoms with Crippen molar-refractivity contribution >= 4 is 17.1 Å². The van der Waals surface area contributed by atoms with E-state index in [0.717, 1.165) is 37.7 Å². The van der Waals surface area contributed by atoms with Crippen LogP contribution >= 0.6 is 0 Å². The molecule has 4 heterocycles. The van der Waals surface area contributed by atoms with Crippen molar-refractivity contribution in [2.75, 3.05) is 26.2 Å². The largest absolute Gasteiger partial charge is 0.721 e. The number of likely N-dealkylation sites (tertiary alicyclic amines) is 1. The van der Waals surface area contributed by atoms with Gasteiger partial charge < -0.3 is 5.21 Å². The highest BCUT2D eigenvalue weighted by molar-refractivity contribution is 5.85. The Balaban J connectivity index is 1.91. The summed E-state index contributed by atoms with van der Waals surface area (Å²) >= 11 is 0. The van der Waals surface area contributed by atoms with E-state index in [-0.39, 0.29) is 0 Å². The minimum absolute atomic E-state index is 0.383. The fraction of sp³-hybridized carbons (Fsp3) is 0.571. The minimum Gasteiger partial charge on any atom is -0.721 e. The van der Waals surface area contributed by atoms with Crippen LogP contribution in [-0.4, -0.2) is 56.5 Å². The Morgan fingerprint density at radius 1 is 1.14 bits per heavy atom. The maximum atomic E-state index is 12.0. The maximum absolute atomic E-state index is 12.0. The molecule has 2 aromatic rings. The van der Waals surface area contributed by atoms with Crippen LogP contribution in [0.1, 0.15) is 25.7 Å². The Hall–Kier alpha value is -2.18. The van der Waals surface area contributed by atoms with Gasteiger partial charge in [0, 0.05) is 5.21 Å². The number of aromatic nitrogens is 4. The molecule has 0 aliphatic carbocycles. The highest BCUT2D eigenvalue weighted by Crippen LogP contribution is 2.15. The fourth-order valence-corrected chi connectivity index (χ4v) is 3.32. The van der Waals surface area contributed by atoms with Crippen molar-refractivity contribution in [2.24, 2.45) is 0 Å². The van der Waals surface area contributed by atoms with Crippen LogP contribution in [0.4, 0.5) is 0 Å². The van der Waals surface area contributed by atoms with Gasteiger partial charge in [-0.05, 0) is 37.8 Å². The monoisotopic (exact) mass is 287 g/mol. The summed E-state index contributed by atoms with van der Waals surface area (Å²) in [5.74, 6) is 1.05. The maximum Gasteiger partial charge on any atom is 0.382 e. The van der Waals surface area contributed by atoms with Gasteiger partial charge in [0.25, 0.3) is 0 Å². The van der Waals surface area contributed by atoms with Gasteiger partial charge in [0.1, 0.15) is 6.20 Å². The van der Waals surface area contributed by atoms with Crippen LogP contribution in [0.3, 0.4) is 0 Å². The Morgan fingerprint density at radius 3 is 2.67 bits per heavy atom. The highest BCUT2D eigenvalue weighted by atomic mass is 16.5. The van der Waals surface area contributed by atoms with Gasteiger partial charge in [0.2, 0.25) is 5.52 Å². The SMILES string of the molecule is [O-][n+]1nn(C(N2CCCC2)=[N+]2CCCC2)c2cccnc21. The van der Waals surface area contributed by atoms with Crippen molar-refractivity contribution in [3.05, 3.63) is 23.5 Å². The van der Waals surface area contributed by atoms with Gasteiger partial charge in [0.05, 0.1) is 26.2 Å². The fourth-order valence-electron chi connectivity index (χ4n) is 3.32. The summed E-state index contributed by atoms with van der Waals surface area (Å²) in [6.45, 7) is 4.14. The molecular weight excluding hydrogens is 268 g/mol. The first kappa shape index (κ1) is 12.6. The molecule has 2 aliphatic rings. The lowest BCUT2D eigenvalue weighted by molar-refractivity contribution is -0.647. The van der Waals surface area contributed by atoms with Crippen molar-refractivity contribution in [1.82, 2.24) is 19.8 Å². The number of nitrogens with zero attached hydrogens (tertiary/aromatic N) is 6. The Morgan fingerprint density at radius 2 is 1.90 bits per heavy atom. The van der Waals surface area contributed by atoms with Crippen molar-refractivity contribution in [2.45, 2.75) is 25.7 Å². The molecule has 0 saturated carbocycles. The Kier molecular flexibility index (Phi) is 2.98. The van der Waals surface area contributed by atoms with Crippen molar-refractivity contribution in [1.29, 1.82) is 0 Å². The molecule has 2 aliphatic heterocycles. The van der Waals surface area contributed by atoms with E-state index in [0.29, 0.717) is 10.5 Å². The van der Waals surface area contributed by atoms with Gasteiger partial charge in [-0.2, -0.15) is 0 Å². The second-order valence-electron chi connectivity index (χ2n) is 5.71.